The van der Waals surface area contributed by atoms with Crippen molar-refractivity contribution in [3.05, 3.63) is 51.6 Å². The first-order chi connectivity index (χ1) is 18.4. The van der Waals surface area contributed by atoms with Crippen LogP contribution in [0.25, 0.3) is 6.08 Å². The molecular formula is C29H37N3O6Si. The largest absolute Gasteiger partial charge is 0.508 e. The number of rotatable bonds is 7. The Morgan fingerprint density at radius 3 is 2.72 bits per heavy atom. The molecule has 0 bridgehead atoms. The molecule has 1 aromatic rings. The van der Waals surface area contributed by atoms with Crippen molar-refractivity contribution in [1.82, 2.24) is 10.2 Å². The highest BCUT2D eigenvalue weighted by Crippen LogP contribution is 2.46. The monoisotopic (exact) mass is 551 g/mol. The van der Waals surface area contributed by atoms with Crippen molar-refractivity contribution in [2.24, 2.45) is 5.73 Å². The van der Waals surface area contributed by atoms with E-state index in [0.29, 0.717) is 47.6 Å². The number of carbonyl (C=O) groups is 3. The van der Waals surface area contributed by atoms with E-state index in [1.165, 1.54) is 5.19 Å². The van der Waals surface area contributed by atoms with Crippen molar-refractivity contribution < 1.29 is 29.0 Å². The Morgan fingerprint density at radius 2 is 2.05 bits per heavy atom. The molecule has 0 radical (unpaired) electrons. The number of fused-ring (bicyclic) bond motifs is 3. The van der Waals surface area contributed by atoms with Crippen molar-refractivity contribution in [1.29, 1.82) is 0 Å². The molecule has 0 aromatic heterocycles. The van der Waals surface area contributed by atoms with E-state index in [0.717, 1.165) is 16.9 Å². The lowest BCUT2D eigenvalue weighted by atomic mass is 9.78. The number of carbonyl (C=O) groups excluding carboxylic acids is 3. The highest BCUT2D eigenvalue weighted by Gasteiger charge is 2.54. The summed E-state index contributed by atoms with van der Waals surface area (Å²) in [5.41, 5.74) is 8.49. The second kappa shape index (κ2) is 9.67. The van der Waals surface area contributed by atoms with Gasteiger partial charge in [-0.2, -0.15) is 0 Å². The van der Waals surface area contributed by atoms with Gasteiger partial charge in [-0.3, -0.25) is 9.59 Å². The molecular weight excluding hydrogens is 514 g/mol. The topological polar surface area (TPSA) is 131 Å². The molecule has 0 fully saturated rings. The van der Waals surface area contributed by atoms with Crippen LogP contribution in [-0.4, -0.2) is 54.6 Å². The van der Waals surface area contributed by atoms with Crippen molar-refractivity contribution in [3.8, 4) is 5.75 Å². The van der Waals surface area contributed by atoms with Crippen LogP contribution >= 0.6 is 0 Å². The number of ether oxygens (including phenoxy) is 2. The molecule has 3 aliphatic heterocycles. The van der Waals surface area contributed by atoms with Crippen LogP contribution in [0.3, 0.4) is 0 Å². The van der Waals surface area contributed by atoms with E-state index in [4.69, 9.17) is 15.2 Å². The van der Waals surface area contributed by atoms with Gasteiger partial charge in [0.15, 0.2) is 0 Å². The number of allylic oxidation sites excluding steroid dienone is 2. The van der Waals surface area contributed by atoms with Gasteiger partial charge < -0.3 is 30.5 Å². The third kappa shape index (κ3) is 4.20. The smallest absolute Gasteiger partial charge is 0.355 e. The van der Waals surface area contributed by atoms with Crippen LogP contribution in [0.4, 0.5) is 0 Å². The number of hydrogen-bond donors (Lipinski definition) is 3. The second-order valence-electron chi connectivity index (χ2n) is 11.6. The van der Waals surface area contributed by atoms with Crippen molar-refractivity contribution >= 4 is 37.1 Å². The van der Waals surface area contributed by atoms with Crippen molar-refractivity contribution in [3.63, 3.8) is 0 Å². The Kier molecular flexibility index (Phi) is 6.75. The van der Waals surface area contributed by atoms with E-state index < -0.39 is 25.6 Å². The standard InChI is InChI=1S/C29H37N3O6Si/c1-6-29(38-25(34)8-7-9-30)21-13-22-26(27(35)20(21)15-37-28(29)36)32-14-19-17(11-24(32)31-22)10-18(33)12-23(19)39(4,5)16(2)3/h10-12,16,31,33H,6-9,13-15,30H2,1-5H3. The number of phenolic OH excluding ortho intramolecular Hbond substituents is 1. The van der Waals surface area contributed by atoms with E-state index in [1.807, 2.05) is 17.0 Å². The number of benzene rings is 1. The van der Waals surface area contributed by atoms with E-state index in [2.05, 4.69) is 32.3 Å². The number of aromatic hydroxyl groups is 1. The molecule has 1 atom stereocenters. The highest BCUT2D eigenvalue weighted by molar-refractivity contribution is 6.91. The Balaban J connectivity index is 1.53. The fourth-order valence-electron chi connectivity index (χ4n) is 5.91. The van der Waals surface area contributed by atoms with Gasteiger partial charge in [-0.05, 0) is 54.3 Å². The number of nitrogens with one attached hydrogen (secondary N) is 1. The third-order valence-corrected chi connectivity index (χ3v) is 13.6. The van der Waals surface area contributed by atoms with Crippen LogP contribution in [0, 0.1) is 0 Å². The number of phenols is 1. The maximum Gasteiger partial charge on any atom is 0.355 e. The summed E-state index contributed by atoms with van der Waals surface area (Å²) in [6.45, 7) is 11.5. The predicted molar refractivity (Wildman–Crippen MR) is 149 cm³/mol. The summed E-state index contributed by atoms with van der Waals surface area (Å²) in [7, 11) is -1.92. The summed E-state index contributed by atoms with van der Waals surface area (Å²) >= 11 is 0. The molecule has 0 saturated heterocycles. The first-order valence-corrected chi connectivity index (χ1v) is 16.7. The lowest BCUT2D eigenvalue weighted by Gasteiger charge is -2.39. The normalized spacial score (nSPS) is 22.1. The van der Waals surface area contributed by atoms with Gasteiger partial charge in [-0.1, -0.05) is 39.1 Å². The molecule has 1 unspecified atom stereocenters. The molecule has 0 spiro atoms. The molecule has 1 aromatic carbocycles. The van der Waals surface area contributed by atoms with E-state index in [-0.39, 0.29) is 37.4 Å². The number of ketones is 1. The molecule has 9 nitrogen and oxygen atoms in total. The molecule has 4 aliphatic rings. The number of cyclic esters (lactones) is 1. The Morgan fingerprint density at radius 1 is 1.31 bits per heavy atom. The molecule has 5 rings (SSSR count). The van der Waals surface area contributed by atoms with E-state index in [9.17, 15) is 19.5 Å². The van der Waals surface area contributed by atoms with Gasteiger partial charge in [-0.15, -0.1) is 0 Å². The highest BCUT2D eigenvalue weighted by atomic mass is 28.3. The SMILES string of the molecule is CCC1(OC(=O)CCCN)C(=O)OCC2=C1CC1=C(C2=O)N2Cc3c(cc(O)cc3[Si](C)(C)C(C)C)C=C2N1. The minimum atomic E-state index is -1.92. The minimum absolute atomic E-state index is 0.0818. The van der Waals surface area contributed by atoms with Gasteiger partial charge in [0.1, 0.15) is 23.9 Å². The zero-order valence-corrected chi connectivity index (χ0v) is 24.3. The van der Waals surface area contributed by atoms with Crippen molar-refractivity contribution in [2.45, 2.75) is 77.2 Å². The Bertz CT molecular complexity index is 1370. The lowest BCUT2D eigenvalue weighted by Crippen LogP contribution is -2.51. The van der Waals surface area contributed by atoms with Gasteiger partial charge in [-0.25, -0.2) is 4.79 Å². The number of Topliss-reactive ketones (excluding diaryl/α,β-unsaturated/α-hetero) is 1. The first kappa shape index (κ1) is 27.2. The van der Waals surface area contributed by atoms with Gasteiger partial charge in [0, 0.05) is 29.7 Å². The van der Waals surface area contributed by atoms with Crippen LogP contribution in [0.15, 0.2) is 40.5 Å². The molecule has 4 N–H and O–H groups in total. The second-order valence-corrected chi connectivity index (χ2v) is 16.7. The van der Waals surface area contributed by atoms with Crippen LogP contribution in [0.2, 0.25) is 18.6 Å². The lowest BCUT2D eigenvalue weighted by molar-refractivity contribution is -0.180. The number of hydrogen-bond acceptors (Lipinski definition) is 9. The molecule has 208 valence electrons. The van der Waals surface area contributed by atoms with Gasteiger partial charge in [0.05, 0.1) is 14.6 Å². The summed E-state index contributed by atoms with van der Waals surface area (Å²) in [6, 6.07) is 3.66. The van der Waals surface area contributed by atoms with Gasteiger partial charge in [0.2, 0.25) is 11.4 Å². The van der Waals surface area contributed by atoms with Crippen molar-refractivity contribution in [2.75, 3.05) is 13.2 Å². The zero-order valence-electron chi connectivity index (χ0n) is 23.3. The van der Waals surface area contributed by atoms with Crippen LogP contribution in [-0.2, 0) is 30.4 Å². The minimum Gasteiger partial charge on any atom is -0.508 e. The van der Waals surface area contributed by atoms with Gasteiger partial charge >= 0.3 is 11.9 Å². The molecule has 0 amide bonds. The van der Waals surface area contributed by atoms with E-state index in [1.54, 1.807) is 13.0 Å². The summed E-state index contributed by atoms with van der Waals surface area (Å²) in [5.74, 6) is -0.436. The number of nitrogens with zero attached hydrogens (tertiary/aromatic N) is 1. The first-order valence-electron chi connectivity index (χ1n) is 13.7. The van der Waals surface area contributed by atoms with Crippen LogP contribution in [0.1, 0.15) is 57.6 Å². The van der Waals surface area contributed by atoms with Crippen LogP contribution in [0.5, 0.6) is 5.75 Å². The predicted octanol–water partition coefficient (Wildman–Crippen LogP) is 2.90. The fraction of sp³-hybridized carbons (Fsp3) is 0.483. The number of nitrogens with two attached hydrogens (primary N) is 1. The maximum atomic E-state index is 14.0. The average Bonchev–Trinajstić information content (AvgIpc) is 3.24. The molecule has 1 aliphatic carbocycles. The molecule has 0 saturated carbocycles. The maximum absolute atomic E-state index is 14.0. The quantitative estimate of drug-likeness (QED) is 0.346. The Hall–Kier alpha value is -3.37. The zero-order chi connectivity index (χ0) is 28.3. The molecule has 39 heavy (non-hydrogen) atoms. The summed E-state index contributed by atoms with van der Waals surface area (Å²) < 4.78 is 11.2. The third-order valence-electron chi connectivity index (χ3n) is 8.88. The van der Waals surface area contributed by atoms with Gasteiger partial charge in [0.25, 0.3) is 0 Å². The van der Waals surface area contributed by atoms with E-state index >= 15 is 0 Å². The Labute approximate surface area is 229 Å². The number of esters is 2. The molecule has 3 heterocycles. The summed E-state index contributed by atoms with van der Waals surface area (Å²) in [6.07, 6.45) is 2.91. The van der Waals surface area contributed by atoms with Crippen LogP contribution < -0.4 is 16.2 Å². The summed E-state index contributed by atoms with van der Waals surface area (Å²) in [5, 5.41) is 15.2. The summed E-state index contributed by atoms with van der Waals surface area (Å²) in [4.78, 5) is 41.7. The molecule has 10 heteroatoms. The fourth-order valence-corrected chi connectivity index (χ4v) is 8.05. The average molecular weight is 552 g/mol.